The summed E-state index contributed by atoms with van der Waals surface area (Å²) in [6.07, 6.45) is 3.40. The van der Waals surface area contributed by atoms with Crippen LogP contribution < -0.4 is 5.32 Å². The molecule has 1 N–H and O–H groups in total. The third-order valence-electron chi connectivity index (χ3n) is 3.34. The van der Waals surface area contributed by atoms with Gasteiger partial charge in [-0.2, -0.15) is 0 Å². The fourth-order valence-electron chi connectivity index (χ4n) is 2.74. The molecule has 3 nitrogen and oxygen atoms in total. The number of fused-ring (bicyclic) bond motifs is 1. The predicted molar refractivity (Wildman–Crippen MR) is 63.3 cm³/mol. The molecule has 1 aliphatic heterocycles. The third-order valence-corrected chi connectivity index (χ3v) is 3.34. The molecule has 0 saturated heterocycles. The van der Waals surface area contributed by atoms with Gasteiger partial charge in [0, 0.05) is 19.5 Å². The number of hydrogen-bond acceptors (Lipinski definition) is 2. The van der Waals surface area contributed by atoms with Crippen LogP contribution in [-0.2, 0) is 12.8 Å². The summed E-state index contributed by atoms with van der Waals surface area (Å²) in [6, 6.07) is 0.582. The summed E-state index contributed by atoms with van der Waals surface area (Å²) >= 11 is 0. The first-order valence-corrected chi connectivity index (χ1v) is 5.95. The molecule has 0 spiro atoms. The first-order chi connectivity index (χ1) is 7.17. The number of imidazole rings is 1. The largest absolute Gasteiger partial charge is 0.373 e. The van der Waals surface area contributed by atoms with E-state index in [4.69, 9.17) is 4.98 Å². The van der Waals surface area contributed by atoms with Crippen molar-refractivity contribution in [3.05, 3.63) is 11.5 Å². The minimum atomic E-state index is 0.582. The van der Waals surface area contributed by atoms with Crippen molar-refractivity contribution in [1.82, 2.24) is 9.55 Å². The van der Waals surface area contributed by atoms with E-state index >= 15 is 0 Å². The molecule has 0 bridgehead atoms. The lowest BCUT2D eigenvalue weighted by Gasteiger charge is -2.28. The van der Waals surface area contributed by atoms with Crippen LogP contribution in [-0.4, -0.2) is 16.6 Å². The van der Waals surface area contributed by atoms with Crippen molar-refractivity contribution in [2.75, 3.05) is 12.4 Å². The minimum Gasteiger partial charge on any atom is -0.373 e. The Bertz CT molecular complexity index is 354. The number of nitrogens with one attached hydrogen (secondary N) is 1. The Kier molecular flexibility index (Phi) is 2.72. The van der Waals surface area contributed by atoms with Crippen LogP contribution in [0, 0.1) is 5.92 Å². The average Bonchev–Trinajstić information content (AvgIpc) is 2.55. The van der Waals surface area contributed by atoms with Gasteiger partial charge in [-0.15, -0.1) is 0 Å². The second kappa shape index (κ2) is 3.87. The molecule has 1 aliphatic rings. The number of nitrogens with zero attached hydrogens (tertiary/aromatic N) is 2. The van der Waals surface area contributed by atoms with E-state index in [0.29, 0.717) is 6.04 Å². The molecule has 84 valence electrons. The van der Waals surface area contributed by atoms with E-state index in [1.165, 1.54) is 23.8 Å². The first-order valence-electron chi connectivity index (χ1n) is 5.95. The van der Waals surface area contributed by atoms with Gasteiger partial charge in [0.25, 0.3) is 0 Å². The summed E-state index contributed by atoms with van der Waals surface area (Å²) < 4.78 is 2.39. The predicted octanol–water partition coefficient (Wildman–Crippen LogP) is 2.63. The van der Waals surface area contributed by atoms with Crippen molar-refractivity contribution < 1.29 is 0 Å². The standard InChI is InChI=1S/C12H21N3/c1-5-10-12(13-4)15-9(3)6-8(2)7-11(15)14-10/h8-9,13H,5-7H2,1-4H3. The summed E-state index contributed by atoms with van der Waals surface area (Å²) in [4.78, 5) is 4.74. The average molecular weight is 207 g/mol. The van der Waals surface area contributed by atoms with Crippen molar-refractivity contribution in [2.24, 2.45) is 5.92 Å². The molecule has 2 unspecified atom stereocenters. The first kappa shape index (κ1) is 10.5. The summed E-state index contributed by atoms with van der Waals surface area (Å²) in [5.74, 6) is 3.26. The topological polar surface area (TPSA) is 29.9 Å². The van der Waals surface area contributed by atoms with Crippen molar-refractivity contribution in [3.8, 4) is 0 Å². The van der Waals surface area contributed by atoms with Gasteiger partial charge in [-0.25, -0.2) is 4.98 Å². The molecule has 0 aromatic carbocycles. The van der Waals surface area contributed by atoms with Gasteiger partial charge in [-0.1, -0.05) is 13.8 Å². The zero-order valence-electron chi connectivity index (χ0n) is 10.2. The summed E-state index contributed by atoms with van der Waals surface area (Å²) in [7, 11) is 1.99. The third kappa shape index (κ3) is 1.64. The molecule has 1 aromatic heterocycles. The molecule has 2 rings (SSSR count). The second-order valence-electron chi connectivity index (χ2n) is 4.69. The highest BCUT2D eigenvalue weighted by molar-refractivity contribution is 5.44. The van der Waals surface area contributed by atoms with Gasteiger partial charge in [0.05, 0.1) is 5.69 Å². The lowest BCUT2D eigenvalue weighted by atomic mass is 9.95. The van der Waals surface area contributed by atoms with Crippen molar-refractivity contribution in [3.63, 3.8) is 0 Å². The van der Waals surface area contributed by atoms with E-state index < -0.39 is 0 Å². The zero-order valence-corrected chi connectivity index (χ0v) is 10.2. The fourth-order valence-corrected chi connectivity index (χ4v) is 2.74. The molecule has 2 heterocycles. The highest BCUT2D eigenvalue weighted by Gasteiger charge is 2.26. The molecule has 15 heavy (non-hydrogen) atoms. The van der Waals surface area contributed by atoms with Crippen LogP contribution in [0.25, 0.3) is 0 Å². The van der Waals surface area contributed by atoms with Crippen LogP contribution in [0.2, 0.25) is 0 Å². The Morgan fingerprint density at radius 1 is 1.47 bits per heavy atom. The fraction of sp³-hybridized carbons (Fsp3) is 0.750. The smallest absolute Gasteiger partial charge is 0.129 e. The van der Waals surface area contributed by atoms with Crippen LogP contribution >= 0.6 is 0 Å². The molecule has 3 heteroatoms. The lowest BCUT2D eigenvalue weighted by Crippen LogP contribution is -2.22. The Morgan fingerprint density at radius 2 is 2.20 bits per heavy atom. The zero-order chi connectivity index (χ0) is 11.0. The Balaban J connectivity index is 2.48. The number of hydrogen-bond donors (Lipinski definition) is 1. The van der Waals surface area contributed by atoms with Gasteiger partial charge in [-0.3, -0.25) is 0 Å². The molecular formula is C12H21N3. The number of aryl methyl sites for hydroxylation is 1. The molecule has 2 atom stereocenters. The maximum Gasteiger partial charge on any atom is 0.129 e. The van der Waals surface area contributed by atoms with E-state index in [1.54, 1.807) is 0 Å². The number of aromatic nitrogens is 2. The van der Waals surface area contributed by atoms with Crippen LogP contribution in [0.15, 0.2) is 0 Å². The molecule has 0 aliphatic carbocycles. The summed E-state index contributed by atoms with van der Waals surface area (Å²) in [5, 5.41) is 3.30. The Hall–Kier alpha value is -0.990. The molecule has 0 amide bonds. The van der Waals surface area contributed by atoms with Crippen LogP contribution in [0.3, 0.4) is 0 Å². The highest BCUT2D eigenvalue weighted by atomic mass is 15.2. The van der Waals surface area contributed by atoms with Crippen molar-refractivity contribution in [2.45, 2.75) is 46.1 Å². The van der Waals surface area contributed by atoms with Gasteiger partial charge in [-0.05, 0) is 25.7 Å². The monoisotopic (exact) mass is 207 g/mol. The van der Waals surface area contributed by atoms with E-state index in [-0.39, 0.29) is 0 Å². The van der Waals surface area contributed by atoms with E-state index in [9.17, 15) is 0 Å². The SMILES string of the molecule is CCc1nc2n(c1NC)C(C)CC(C)C2. The lowest BCUT2D eigenvalue weighted by molar-refractivity contribution is 0.346. The Labute approximate surface area is 91.9 Å². The minimum absolute atomic E-state index is 0.582. The summed E-state index contributed by atoms with van der Waals surface area (Å²) in [6.45, 7) is 6.78. The maximum absolute atomic E-state index is 4.74. The van der Waals surface area contributed by atoms with Crippen LogP contribution in [0.4, 0.5) is 5.82 Å². The molecule has 1 aromatic rings. The van der Waals surface area contributed by atoms with Crippen LogP contribution in [0.1, 0.15) is 44.8 Å². The molecular weight excluding hydrogens is 186 g/mol. The number of anilines is 1. The van der Waals surface area contributed by atoms with Gasteiger partial charge >= 0.3 is 0 Å². The van der Waals surface area contributed by atoms with Gasteiger partial charge in [0.1, 0.15) is 11.6 Å². The van der Waals surface area contributed by atoms with Gasteiger partial charge < -0.3 is 9.88 Å². The maximum atomic E-state index is 4.74. The summed E-state index contributed by atoms with van der Waals surface area (Å²) in [5.41, 5.74) is 1.22. The van der Waals surface area contributed by atoms with E-state index in [2.05, 4.69) is 30.7 Å². The molecule has 0 saturated carbocycles. The quantitative estimate of drug-likeness (QED) is 0.808. The van der Waals surface area contributed by atoms with E-state index in [1.807, 2.05) is 7.05 Å². The Morgan fingerprint density at radius 3 is 2.80 bits per heavy atom. The van der Waals surface area contributed by atoms with Gasteiger partial charge in [0.15, 0.2) is 0 Å². The van der Waals surface area contributed by atoms with Crippen molar-refractivity contribution in [1.29, 1.82) is 0 Å². The van der Waals surface area contributed by atoms with E-state index in [0.717, 1.165) is 18.8 Å². The molecule has 0 fully saturated rings. The highest BCUT2D eigenvalue weighted by Crippen LogP contribution is 2.33. The molecule has 0 radical (unpaired) electrons. The van der Waals surface area contributed by atoms with Crippen molar-refractivity contribution >= 4 is 5.82 Å². The normalized spacial score (nSPS) is 25.1. The number of rotatable bonds is 2. The van der Waals surface area contributed by atoms with Gasteiger partial charge in [0.2, 0.25) is 0 Å². The second-order valence-corrected chi connectivity index (χ2v) is 4.69. The van der Waals surface area contributed by atoms with Crippen LogP contribution in [0.5, 0.6) is 0 Å².